The van der Waals surface area contributed by atoms with Gasteiger partial charge in [0.25, 0.3) is 5.91 Å². The van der Waals surface area contributed by atoms with Crippen LogP contribution in [0.15, 0.2) is 0 Å². The number of carboxylic acid groups (broad SMARTS) is 1. The van der Waals surface area contributed by atoms with Gasteiger partial charge in [0.2, 0.25) is 5.78 Å². The van der Waals surface area contributed by atoms with E-state index in [0.29, 0.717) is 6.42 Å². The zero-order chi connectivity index (χ0) is 14.8. The van der Waals surface area contributed by atoms with Crippen LogP contribution in [0.5, 0.6) is 0 Å². The highest BCUT2D eigenvalue weighted by molar-refractivity contribution is 6.36. The SMILES string of the molecule is CCCCCCC(=O)C(=O)N[C@@H](C[C@H](C)O)C(=O)O. The lowest BCUT2D eigenvalue weighted by Gasteiger charge is -2.15. The molecule has 0 aliphatic rings. The van der Waals surface area contributed by atoms with E-state index in [0.717, 1.165) is 19.3 Å². The molecule has 0 bridgehead atoms. The smallest absolute Gasteiger partial charge is 0.326 e. The van der Waals surface area contributed by atoms with Crippen LogP contribution in [0.3, 0.4) is 0 Å². The summed E-state index contributed by atoms with van der Waals surface area (Å²) in [5.41, 5.74) is 0. The fourth-order valence-electron chi connectivity index (χ4n) is 1.63. The number of hydrogen-bond acceptors (Lipinski definition) is 4. The minimum atomic E-state index is -1.26. The maximum atomic E-state index is 11.5. The molecule has 0 aromatic rings. The molecule has 0 rings (SSSR count). The van der Waals surface area contributed by atoms with E-state index >= 15 is 0 Å². The van der Waals surface area contributed by atoms with Crippen LogP contribution in [0.4, 0.5) is 0 Å². The summed E-state index contributed by atoms with van der Waals surface area (Å²) in [5.74, 6) is -2.74. The molecule has 6 nitrogen and oxygen atoms in total. The van der Waals surface area contributed by atoms with Gasteiger partial charge in [-0.3, -0.25) is 9.59 Å². The first-order chi connectivity index (χ1) is 8.88. The summed E-state index contributed by atoms with van der Waals surface area (Å²) in [6, 6.07) is -1.23. The maximum absolute atomic E-state index is 11.5. The molecule has 0 radical (unpaired) electrons. The highest BCUT2D eigenvalue weighted by Gasteiger charge is 2.24. The summed E-state index contributed by atoms with van der Waals surface area (Å²) in [6.07, 6.45) is 2.71. The van der Waals surface area contributed by atoms with Crippen molar-refractivity contribution in [2.24, 2.45) is 0 Å². The Morgan fingerprint density at radius 3 is 2.26 bits per heavy atom. The van der Waals surface area contributed by atoms with Crippen molar-refractivity contribution in [3.05, 3.63) is 0 Å². The number of unbranched alkanes of at least 4 members (excludes halogenated alkanes) is 3. The highest BCUT2D eigenvalue weighted by Crippen LogP contribution is 2.04. The quantitative estimate of drug-likeness (QED) is 0.404. The number of Topliss-reactive ketones (excluding diaryl/α,β-unsaturated/α-hetero) is 1. The third kappa shape index (κ3) is 8.31. The van der Waals surface area contributed by atoms with E-state index < -0.39 is 29.8 Å². The molecule has 0 spiro atoms. The Kier molecular flexibility index (Phi) is 8.78. The first-order valence-corrected chi connectivity index (χ1v) is 6.63. The minimum Gasteiger partial charge on any atom is -0.480 e. The molecule has 0 aliphatic heterocycles. The lowest BCUT2D eigenvalue weighted by Crippen LogP contribution is -2.45. The molecule has 0 fully saturated rings. The lowest BCUT2D eigenvalue weighted by molar-refractivity contribution is -0.145. The molecule has 0 saturated carbocycles. The Morgan fingerprint density at radius 2 is 1.79 bits per heavy atom. The Hall–Kier alpha value is -1.43. The molecular weight excluding hydrogens is 250 g/mol. The molecule has 110 valence electrons. The van der Waals surface area contributed by atoms with Gasteiger partial charge in [-0.1, -0.05) is 26.2 Å². The van der Waals surface area contributed by atoms with Crippen LogP contribution in [0, 0.1) is 0 Å². The van der Waals surface area contributed by atoms with Crippen molar-refractivity contribution in [2.45, 2.75) is 64.5 Å². The number of aliphatic carboxylic acids is 1. The van der Waals surface area contributed by atoms with E-state index in [4.69, 9.17) is 10.2 Å². The van der Waals surface area contributed by atoms with Crippen LogP contribution in [0.1, 0.15) is 52.4 Å². The van der Waals surface area contributed by atoms with Gasteiger partial charge >= 0.3 is 5.97 Å². The van der Waals surface area contributed by atoms with Crippen molar-refractivity contribution in [1.29, 1.82) is 0 Å². The number of carbonyl (C=O) groups is 3. The van der Waals surface area contributed by atoms with E-state index in [2.05, 4.69) is 5.32 Å². The molecule has 3 N–H and O–H groups in total. The Bertz CT molecular complexity index is 314. The second-order valence-corrected chi connectivity index (χ2v) is 4.68. The highest BCUT2D eigenvalue weighted by atomic mass is 16.4. The van der Waals surface area contributed by atoms with Crippen molar-refractivity contribution in [1.82, 2.24) is 5.32 Å². The summed E-state index contributed by atoms with van der Waals surface area (Å²) in [6.45, 7) is 3.47. The van der Waals surface area contributed by atoms with E-state index in [9.17, 15) is 14.4 Å². The summed E-state index contributed by atoms with van der Waals surface area (Å²) in [4.78, 5) is 33.8. The summed E-state index contributed by atoms with van der Waals surface area (Å²) < 4.78 is 0. The monoisotopic (exact) mass is 273 g/mol. The molecule has 0 aromatic heterocycles. The Balaban J connectivity index is 4.16. The molecular formula is C13H23NO5. The first kappa shape index (κ1) is 17.6. The summed E-state index contributed by atoms with van der Waals surface area (Å²) in [5, 5.41) is 20.1. The number of ketones is 1. The normalized spacial score (nSPS) is 13.6. The Morgan fingerprint density at radius 1 is 1.16 bits per heavy atom. The number of rotatable bonds is 10. The number of aliphatic hydroxyl groups is 1. The molecule has 0 heterocycles. The van der Waals surface area contributed by atoms with E-state index in [-0.39, 0.29) is 12.8 Å². The average molecular weight is 273 g/mol. The first-order valence-electron chi connectivity index (χ1n) is 6.63. The van der Waals surface area contributed by atoms with Crippen LogP contribution in [-0.4, -0.2) is 40.0 Å². The van der Waals surface area contributed by atoms with Crippen molar-refractivity contribution in [3.63, 3.8) is 0 Å². The van der Waals surface area contributed by atoms with E-state index in [1.54, 1.807) is 0 Å². The van der Waals surface area contributed by atoms with Crippen molar-refractivity contribution < 1.29 is 24.6 Å². The minimum absolute atomic E-state index is 0.121. The zero-order valence-electron chi connectivity index (χ0n) is 11.5. The van der Waals surface area contributed by atoms with Gasteiger partial charge in [-0.15, -0.1) is 0 Å². The van der Waals surface area contributed by atoms with Crippen LogP contribution < -0.4 is 5.32 Å². The van der Waals surface area contributed by atoms with Gasteiger partial charge in [0.1, 0.15) is 6.04 Å². The van der Waals surface area contributed by atoms with Crippen LogP contribution >= 0.6 is 0 Å². The van der Waals surface area contributed by atoms with Gasteiger partial charge in [-0.05, 0) is 13.3 Å². The van der Waals surface area contributed by atoms with Gasteiger partial charge in [0, 0.05) is 12.8 Å². The zero-order valence-corrected chi connectivity index (χ0v) is 11.5. The van der Waals surface area contributed by atoms with Crippen molar-refractivity contribution in [3.8, 4) is 0 Å². The van der Waals surface area contributed by atoms with Gasteiger partial charge in [0.05, 0.1) is 6.10 Å². The number of carboxylic acids is 1. The molecule has 2 atom stereocenters. The molecule has 0 aromatic carbocycles. The van der Waals surface area contributed by atoms with Crippen LogP contribution in [0.2, 0.25) is 0 Å². The third-order valence-corrected chi connectivity index (χ3v) is 2.69. The second kappa shape index (κ2) is 9.49. The van der Waals surface area contributed by atoms with Crippen molar-refractivity contribution >= 4 is 17.7 Å². The fourth-order valence-corrected chi connectivity index (χ4v) is 1.63. The van der Waals surface area contributed by atoms with E-state index in [1.165, 1.54) is 6.92 Å². The number of aliphatic hydroxyl groups excluding tert-OH is 1. The second-order valence-electron chi connectivity index (χ2n) is 4.68. The average Bonchev–Trinajstić information content (AvgIpc) is 2.32. The van der Waals surface area contributed by atoms with Gasteiger partial charge in [-0.25, -0.2) is 4.79 Å². The molecule has 6 heteroatoms. The van der Waals surface area contributed by atoms with Gasteiger partial charge in [-0.2, -0.15) is 0 Å². The molecule has 19 heavy (non-hydrogen) atoms. The number of hydrogen-bond donors (Lipinski definition) is 3. The molecule has 0 aliphatic carbocycles. The summed E-state index contributed by atoms with van der Waals surface area (Å²) >= 11 is 0. The standard InChI is InChI=1S/C13H23NO5/c1-3-4-5-6-7-11(16)12(17)14-10(13(18)19)8-9(2)15/h9-10,15H,3-8H2,1-2H3,(H,14,17)(H,18,19)/t9-,10-/m0/s1. The molecule has 0 unspecified atom stereocenters. The van der Waals surface area contributed by atoms with Crippen LogP contribution in [0.25, 0.3) is 0 Å². The van der Waals surface area contributed by atoms with Gasteiger partial charge in [0.15, 0.2) is 0 Å². The number of nitrogens with one attached hydrogen (secondary N) is 1. The van der Waals surface area contributed by atoms with Crippen LogP contribution in [-0.2, 0) is 14.4 Å². The van der Waals surface area contributed by atoms with Crippen molar-refractivity contribution in [2.75, 3.05) is 0 Å². The maximum Gasteiger partial charge on any atom is 0.326 e. The number of amides is 1. The molecule has 1 amide bonds. The Labute approximate surface area is 113 Å². The topological polar surface area (TPSA) is 104 Å². The third-order valence-electron chi connectivity index (χ3n) is 2.69. The predicted molar refractivity (Wildman–Crippen MR) is 69.6 cm³/mol. The predicted octanol–water partition coefficient (Wildman–Crippen LogP) is 0.866. The lowest BCUT2D eigenvalue weighted by atomic mass is 10.1. The summed E-state index contributed by atoms with van der Waals surface area (Å²) in [7, 11) is 0. The van der Waals surface area contributed by atoms with Gasteiger partial charge < -0.3 is 15.5 Å². The molecule has 0 saturated heterocycles. The fraction of sp³-hybridized carbons (Fsp3) is 0.769. The number of carbonyl (C=O) groups excluding carboxylic acids is 2. The largest absolute Gasteiger partial charge is 0.480 e. The van der Waals surface area contributed by atoms with E-state index in [1.807, 2.05) is 6.92 Å².